The topological polar surface area (TPSA) is 99.4 Å². The van der Waals surface area contributed by atoms with E-state index in [9.17, 15) is 14.7 Å². The standard InChI is InChI=1S/C30H27IN2O6S/c1-5-38-22-14-17(13-20(31)27(22)34)15-23-28(35)33-26(24(29(36)39-6-2)16(3)32-30(33)40-23)25-19-10-8-7-9-18(19)11-12-21(25)37-4/h7-15,26,34H,5-6H2,1-4H3/b23-15+/t26-/m0/s1. The molecule has 0 amide bonds. The van der Waals surface area contributed by atoms with E-state index in [1.807, 2.05) is 65.9 Å². The maximum absolute atomic E-state index is 14.1. The van der Waals surface area contributed by atoms with Crippen molar-refractivity contribution in [2.24, 2.45) is 4.99 Å². The summed E-state index contributed by atoms with van der Waals surface area (Å²) in [4.78, 5) is 32.6. The van der Waals surface area contributed by atoms with Crippen molar-refractivity contribution in [1.82, 2.24) is 4.57 Å². The first-order valence-electron chi connectivity index (χ1n) is 12.7. The Morgan fingerprint density at radius 2 is 1.93 bits per heavy atom. The lowest BCUT2D eigenvalue weighted by atomic mass is 9.90. The highest BCUT2D eigenvalue weighted by Gasteiger charge is 2.36. The number of phenolic OH excluding ortho intramolecular Hbond substituents is 1. The van der Waals surface area contributed by atoms with Gasteiger partial charge in [0.2, 0.25) is 0 Å². The normalized spacial score (nSPS) is 15.1. The Labute approximate surface area is 248 Å². The van der Waals surface area contributed by atoms with Crippen LogP contribution in [0.25, 0.3) is 16.8 Å². The van der Waals surface area contributed by atoms with Crippen molar-refractivity contribution in [1.29, 1.82) is 0 Å². The van der Waals surface area contributed by atoms with Crippen LogP contribution in [-0.2, 0) is 9.53 Å². The van der Waals surface area contributed by atoms with Gasteiger partial charge in [-0.15, -0.1) is 0 Å². The highest BCUT2D eigenvalue weighted by atomic mass is 127. The second-order valence-electron chi connectivity index (χ2n) is 8.99. The van der Waals surface area contributed by atoms with E-state index in [2.05, 4.69) is 4.99 Å². The summed E-state index contributed by atoms with van der Waals surface area (Å²) < 4.78 is 19.4. The number of allylic oxidation sites excluding steroid dienone is 1. The molecule has 1 aromatic heterocycles. The van der Waals surface area contributed by atoms with E-state index < -0.39 is 12.0 Å². The molecule has 0 bridgehead atoms. The average Bonchev–Trinajstić information content (AvgIpc) is 3.24. The number of rotatable bonds is 7. The summed E-state index contributed by atoms with van der Waals surface area (Å²) in [5.74, 6) is 0.405. The first-order chi connectivity index (χ1) is 19.3. The Morgan fingerprint density at radius 3 is 2.65 bits per heavy atom. The molecule has 1 atom stereocenters. The van der Waals surface area contributed by atoms with Gasteiger partial charge in [-0.3, -0.25) is 9.36 Å². The smallest absolute Gasteiger partial charge is 0.338 e. The van der Waals surface area contributed by atoms with Crippen molar-refractivity contribution in [2.75, 3.05) is 20.3 Å². The second-order valence-corrected chi connectivity index (χ2v) is 11.2. The number of nitrogens with zero attached hydrogens (tertiary/aromatic N) is 2. The Kier molecular flexibility index (Phi) is 7.99. The van der Waals surface area contributed by atoms with Gasteiger partial charge in [0, 0.05) is 5.56 Å². The van der Waals surface area contributed by atoms with E-state index in [0.717, 1.165) is 10.8 Å². The number of ether oxygens (including phenoxy) is 3. The molecule has 40 heavy (non-hydrogen) atoms. The zero-order valence-corrected chi connectivity index (χ0v) is 25.3. The van der Waals surface area contributed by atoms with Crippen LogP contribution < -0.4 is 24.4 Å². The summed E-state index contributed by atoms with van der Waals surface area (Å²) in [6, 6.07) is 14.2. The molecule has 0 saturated carbocycles. The lowest BCUT2D eigenvalue weighted by Crippen LogP contribution is -2.40. The molecule has 2 heterocycles. The van der Waals surface area contributed by atoms with E-state index in [1.165, 1.54) is 11.3 Å². The molecule has 5 rings (SSSR count). The number of aromatic hydroxyl groups is 1. The van der Waals surface area contributed by atoms with Crippen LogP contribution >= 0.6 is 33.9 Å². The van der Waals surface area contributed by atoms with Crippen LogP contribution in [0.5, 0.6) is 17.2 Å². The van der Waals surface area contributed by atoms with Crippen molar-refractivity contribution in [3.63, 3.8) is 0 Å². The Hall–Kier alpha value is -3.64. The number of aromatic nitrogens is 1. The summed E-state index contributed by atoms with van der Waals surface area (Å²) in [5.41, 5.74) is 1.83. The van der Waals surface area contributed by atoms with Crippen LogP contribution in [0.1, 0.15) is 37.9 Å². The van der Waals surface area contributed by atoms with Crippen LogP contribution in [-0.4, -0.2) is 36.0 Å². The van der Waals surface area contributed by atoms with E-state index in [0.29, 0.717) is 47.8 Å². The number of fused-ring (bicyclic) bond motifs is 2. The molecule has 0 fully saturated rings. The number of esters is 1. The molecule has 4 aromatic rings. The summed E-state index contributed by atoms with van der Waals surface area (Å²) in [5, 5.41) is 12.2. The lowest BCUT2D eigenvalue weighted by molar-refractivity contribution is -0.139. The van der Waals surface area contributed by atoms with Crippen molar-refractivity contribution >= 4 is 56.7 Å². The van der Waals surface area contributed by atoms with Gasteiger partial charge in [-0.2, -0.15) is 0 Å². The summed E-state index contributed by atoms with van der Waals surface area (Å²) in [6.45, 7) is 5.90. The van der Waals surface area contributed by atoms with Crippen molar-refractivity contribution in [3.8, 4) is 17.2 Å². The number of carbonyl (C=O) groups excluding carboxylic acids is 1. The Bertz CT molecular complexity index is 1860. The molecule has 8 nitrogen and oxygen atoms in total. The van der Waals surface area contributed by atoms with Gasteiger partial charge in [0.1, 0.15) is 11.8 Å². The number of thiazole rings is 1. The molecule has 1 aliphatic rings. The second kappa shape index (κ2) is 11.5. The van der Waals surface area contributed by atoms with Gasteiger partial charge < -0.3 is 19.3 Å². The zero-order valence-electron chi connectivity index (χ0n) is 22.4. The number of carbonyl (C=O) groups is 1. The van der Waals surface area contributed by atoms with E-state index >= 15 is 0 Å². The van der Waals surface area contributed by atoms with Gasteiger partial charge in [-0.25, -0.2) is 9.79 Å². The van der Waals surface area contributed by atoms with Crippen molar-refractivity contribution in [3.05, 3.63) is 94.2 Å². The lowest BCUT2D eigenvalue weighted by Gasteiger charge is -2.27. The zero-order chi connectivity index (χ0) is 28.6. The molecule has 0 unspecified atom stereocenters. The fourth-order valence-electron chi connectivity index (χ4n) is 4.89. The Balaban J connectivity index is 1.82. The average molecular weight is 671 g/mol. The number of methoxy groups -OCH3 is 1. The summed E-state index contributed by atoms with van der Waals surface area (Å²) >= 11 is 3.26. The highest BCUT2D eigenvalue weighted by Crippen LogP contribution is 2.40. The van der Waals surface area contributed by atoms with Crippen LogP contribution in [0.15, 0.2) is 69.6 Å². The molecule has 0 radical (unpaired) electrons. The fraction of sp³-hybridized carbons (Fsp3) is 0.233. The van der Waals surface area contributed by atoms with Crippen LogP contribution in [0, 0.1) is 3.57 Å². The number of halogens is 1. The van der Waals surface area contributed by atoms with Gasteiger partial charge in [0.05, 0.1) is 39.7 Å². The summed E-state index contributed by atoms with van der Waals surface area (Å²) in [6.07, 6.45) is 1.74. The van der Waals surface area contributed by atoms with E-state index in [1.54, 1.807) is 43.7 Å². The van der Waals surface area contributed by atoms with Gasteiger partial charge in [-0.1, -0.05) is 41.7 Å². The molecule has 0 spiro atoms. The molecular weight excluding hydrogens is 643 g/mol. The molecular formula is C30H27IN2O6S. The van der Waals surface area contributed by atoms with Crippen LogP contribution in [0.2, 0.25) is 0 Å². The summed E-state index contributed by atoms with van der Waals surface area (Å²) in [7, 11) is 1.57. The van der Waals surface area contributed by atoms with Gasteiger partial charge in [-0.05, 0) is 84.0 Å². The minimum absolute atomic E-state index is 0.0545. The minimum Gasteiger partial charge on any atom is -0.504 e. The number of hydrogen-bond donors (Lipinski definition) is 1. The van der Waals surface area contributed by atoms with Crippen molar-refractivity contribution in [2.45, 2.75) is 26.8 Å². The number of hydrogen-bond acceptors (Lipinski definition) is 8. The largest absolute Gasteiger partial charge is 0.504 e. The molecule has 1 aliphatic heterocycles. The van der Waals surface area contributed by atoms with Crippen LogP contribution in [0.4, 0.5) is 0 Å². The van der Waals surface area contributed by atoms with Crippen molar-refractivity contribution < 1.29 is 24.1 Å². The number of phenols is 1. The van der Waals surface area contributed by atoms with E-state index in [-0.39, 0.29) is 23.5 Å². The number of benzene rings is 3. The Morgan fingerprint density at radius 1 is 1.15 bits per heavy atom. The fourth-order valence-corrected chi connectivity index (χ4v) is 6.57. The third-order valence-corrected chi connectivity index (χ3v) is 8.39. The first-order valence-corrected chi connectivity index (χ1v) is 14.6. The van der Waals surface area contributed by atoms with Gasteiger partial charge >= 0.3 is 5.97 Å². The maximum Gasteiger partial charge on any atom is 0.338 e. The molecule has 1 N–H and O–H groups in total. The molecule has 0 saturated heterocycles. The molecule has 10 heteroatoms. The van der Waals surface area contributed by atoms with Gasteiger partial charge in [0.25, 0.3) is 5.56 Å². The monoisotopic (exact) mass is 670 g/mol. The third-order valence-electron chi connectivity index (χ3n) is 6.59. The SMILES string of the molecule is CCOC(=O)C1=C(C)N=c2s/c(=C/c3cc(I)c(O)c(OCC)c3)c(=O)n2[C@@H]1c1c(OC)ccc2ccccc12. The van der Waals surface area contributed by atoms with E-state index in [4.69, 9.17) is 14.2 Å². The molecule has 3 aromatic carbocycles. The predicted molar refractivity (Wildman–Crippen MR) is 163 cm³/mol. The predicted octanol–water partition coefficient (Wildman–Crippen LogP) is 4.67. The van der Waals surface area contributed by atoms with Gasteiger partial charge in [0.15, 0.2) is 16.3 Å². The third kappa shape index (κ3) is 4.90. The molecule has 206 valence electrons. The van der Waals surface area contributed by atoms with Crippen LogP contribution in [0.3, 0.4) is 0 Å². The minimum atomic E-state index is -0.822. The first kappa shape index (κ1) is 27.9. The molecule has 0 aliphatic carbocycles. The maximum atomic E-state index is 14.1. The quantitative estimate of drug-likeness (QED) is 0.227. The highest BCUT2D eigenvalue weighted by molar-refractivity contribution is 14.1.